The fourth-order valence-electron chi connectivity index (χ4n) is 3.34. The number of oxime groups is 2. The molecule has 8 heteroatoms. The second-order valence-electron chi connectivity index (χ2n) is 6.89. The molecule has 0 saturated heterocycles. The first-order chi connectivity index (χ1) is 14.5. The zero-order chi connectivity index (χ0) is 21.7. The molecule has 2 unspecified atom stereocenters. The molecule has 1 saturated carbocycles. The van der Waals surface area contributed by atoms with E-state index in [9.17, 15) is 13.6 Å². The summed E-state index contributed by atoms with van der Waals surface area (Å²) >= 11 is 0. The van der Waals surface area contributed by atoms with Crippen LogP contribution in [-0.2, 0) is 25.8 Å². The van der Waals surface area contributed by atoms with Crippen molar-refractivity contribution in [3.8, 4) is 0 Å². The molecule has 0 radical (unpaired) electrons. The van der Waals surface area contributed by atoms with Crippen molar-refractivity contribution in [1.29, 1.82) is 0 Å². The number of esters is 1. The number of hydrogen-bond donors (Lipinski definition) is 0. The van der Waals surface area contributed by atoms with Crippen molar-refractivity contribution >= 4 is 17.4 Å². The number of rotatable bonds is 8. The summed E-state index contributed by atoms with van der Waals surface area (Å²) in [5.74, 6) is -1.76. The molecule has 0 bridgehead atoms. The van der Waals surface area contributed by atoms with E-state index in [2.05, 4.69) is 10.3 Å². The van der Waals surface area contributed by atoms with Gasteiger partial charge in [0.1, 0.15) is 25.4 Å². The van der Waals surface area contributed by atoms with Gasteiger partial charge in [0.25, 0.3) is 0 Å². The fraction of sp³-hybridized carbons (Fsp3) is 0.318. The molecule has 2 aromatic carbocycles. The van der Waals surface area contributed by atoms with Crippen molar-refractivity contribution in [2.75, 3.05) is 14.2 Å². The minimum Gasteiger partial charge on any atom is -0.464 e. The van der Waals surface area contributed by atoms with E-state index in [1.165, 1.54) is 26.4 Å². The second-order valence-corrected chi connectivity index (χ2v) is 6.89. The molecule has 0 aromatic heterocycles. The van der Waals surface area contributed by atoms with Crippen LogP contribution in [0.3, 0.4) is 0 Å². The van der Waals surface area contributed by atoms with Crippen molar-refractivity contribution in [3.05, 3.63) is 70.8 Å². The van der Waals surface area contributed by atoms with Crippen LogP contribution in [-0.4, -0.2) is 31.6 Å². The number of carbonyl (C=O) groups is 1. The number of carbonyl (C=O) groups excluding carboxylic acids is 1. The van der Waals surface area contributed by atoms with Crippen molar-refractivity contribution in [1.82, 2.24) is 0 Å². The molecule has 0 spiro atoms. The number of hydrogen-bond acceptors (Lipinski definition) is 6. The van der Waals surface area contributed by atoms with E-state index in [-0.39, 0.29) is 24.2 Å². The Balaban J connectivity index is 1.67. The van der Waals surface area contributed by atoms with Gasteiger partial charge in [-0.25, -0.2) is 13.6 Å². The minimum absolute atomic E-state index is 0.0222. The third-order valence-corrected chi connectivity index (χ3v) is 4.95. The minimum atomic E-state index is -0.633. The molecule has 158 valence electrons. The first kappa shape index (κ1) is 21.4. The predicted octanol–water partition coefficient (Wildman–Crippen LogP) is 4.18. The lowest BCUT2D eigenvalue weighted by Crippen LogP contribution is -2.19. The highest BCUT2D eigenvalue weighted by atomic mass is 19.1. The number of halogens is 2. The molecule has 0 heterocycles. The third-order valence-electron chi connectivity index (χ3n) is 4.95. The Kier molecular flexibility index (Phi) is 6.76. The highest BCUT2D eigenvalue weighted by Crippen LogP contribution is 2.49. The van der Waals surface area contributed by atoms with Crippen LogP contribution < -0.4 is 0 Å². The average Bonchev–Trinajstić information content (AvgIpc) is 3.52. The molecule has 1 aliphatic rings. The summed E-state index contributed by atoms with van der Waals surface area (Å²) in [6, 6.07) is 10.7. The second kappa shape index (κ2) is 9.47. The van der Waals surface area contributed by atoms with Crippen LogP contribution >= 0.6 is 0 Å². The lowest BCUT2D eigenvalue weighted by Gasteiger charge is -2.10. The number of ether oxygens (including phenoxy) is 1. The molecular weight excluding hydrogens is 394 g/mol. The average molecular weight is 416 g/mol. The SMILES string of the molecule is CO/N=C(\C(=O)OC)c1ccccc1CO/N=C(\C)C1CC1c1ccc(F)cc1F. The monoisotopic (exact) mass is 416 g/mol. The molecule has 1 aliphatic carbocycles. The summed E-state index contributed by atoms with van der Waals surface area (Å²) in [5.41, 5.74) is 2.41. The topological polar surface area (TPSA) is 69.5 Å². The lowest BCUT2D eigenvalue weighted by molar-refractivity contribution is -0.132. The van der Waals surface area contributed by atoms with Gasteiger partial charge in [0, 0.05) is 23.1 Å². The van der Waals surface area contributed by atoms with Crippen LogP contribution in [0.4, 0.5) is 8.78 Å². The summed E-state index contributed by atoms with van der Waals surface area (Å²) in [5, 5.41) is 7.90. The summed E-state index contributed by atoms with van der Waals surface area (Å²) in [6.45, 7) is 1.90. The van der Waals surface area contributed by atoms with Gasteiger partial charge in [-0.05, 0) is 30.9 Å². The standard InChI is InChI=1S/C22H22F2N2O4/c1-13(18-11-19(18)17-9-8-15(23)10-20(17)24)25-30-12-14-6-4-5-7-16(14)21(26-29-3)22(27)28-2/h4-10,18-19H,11-12H2,1-3H3/b25-13+,26-21-. The summed E-state index contributed by atoms with van der Waals surface area (Å²) < 4.78 is 31.8. The van der Waals surface area contributed by atoms with Gasteiger partial charge in [0.05, 0.1) is 12.8 Å². The molecule has 3 rings (SSSR count). The van der Waals surface area contributed by atoms with Crippen molar-refractivity contribution in [3.63, 3.8) is 0 Å². The molecule has 1 fully saturated rings. The van der Waals surface area contributed by atoms with Gasteiger partial charge in [-0.1, -0.05) is 40.6 Å². The summed E-state index contributed by atoms with van der Waals surface area (Å²) in [7, 11) is 2.60. The van der Waals surface area contributed by atoms with E-state index in [0.717, 1.165) is 18.2 Å². The van der Waals surface area contributed by atoms with Crippen molar-refractivity contribution < 1.29 is 28.0 Å². The smallest absolute Gasteiger partial charge is 0.360 e. The van der Waals surface area contributed by atoms with Crippen LogP contribution in [0.1, 0.15) is 36.0 Å². The van der Waals surface area contributed by atoms with Crippen LogP contribution in [0.5, 0.6) is 0 Å². The van der Waals surface area contributed by atoms with E-state index < -0.39 is 17.6 Å². The van der Waals surface area contributed by atoms with Gasteiger partial charge < -0.3 is 14.4 Å². The van der Waals surface area contributed by atoms with Gasteiger partial charge in [0.2, 0.25) is 0 Å². The van der Waals surface area contributed by atoms with Gasteiger partial charge in [-0.15, -0.1) is 0 Å². The first-order valence-corrected chi connectivity index (χ1v) is 9.35. The highest BCUT2D eigenvalue weighted by Gasteiger charge is 2.42. The Morgan fingerprint density at radius 1 is 1.13 bits per heavy atom. The van der Waals surface area contributed by atoms with Crippen molar-refractivity contribution in [2.45, 2.75) is 25.9 Å². The van der Waals surface area contributed by atoms with Crippen LogP contribution in [0.15, 0.2) is 52.8 Å². The molecule has 2 aromatic rings. The van der Waals surface area contributed by atoms with E-state index in [1.54, 1.807) is 24.3 Å². The van der Waals surface area contributed by atoms with Gasteiger partial charge in [-0.3, -0.25) is 0 Å². The van der Waals surface area contributed by atoms with Crippen LogP contribution in [0.2, 0.25) is 0 Å². The zero-order valence-corrected chi connectivity index (χ0v) is 16.9. The Morgan fingerprint density at radius 2 is 1.90 bits per heavy atom. The molecule has 6 nitrogen and oxygen atoms in total. The predicted molar refractivity (Wildman–Crippen MR) is 107 cm³/mol. The van der Waals surface area contributed by atoms with Gasteiger partial charge in [0.15, 0.2) is 5.71 Å². The normalized spacial score (nSPS) is 18.7. The van der Waals surface area contributed by atoms with Crippen LogP contribution in [0.25, 0.3) is 0 Å². The Labute approximate surface area is 173 Å². The summed E-state index contributed by atoms with van der Waals surface area (Å²) in [4.78, 5) is 22.2. The van der Waals surface area contributed by atoms with E-state index in [4.69, 9.17) is 14.4 Å². The highest BCUT2D eigenvalue weighted by molar-refractivity contribution is 6.43. The Hall–Kier alpha value is -3.29. The van der Waals surface area contributed by atoms with E-state index in [1.807, 2.05) is 6.92 Å². The van der Waals surface area contributed by atoms with Gasteiger partial charge in [-0.2, -0.15) is 0 Å². The molecule has 0 amide bonds. The maximum absolute atomic E-state index is 14.0. The Morgan fingerprint density at radius 3 is 2.60 bits per heavy atom. The first-order valence-electron chi connectivity index (χ1n) is 9.35. The molecule has 30 heavy (non-hydrogen) atoms. The van der Waals surface area contributed by atoms with Crippen molar-refractivity contribution in [2.24, 2.45) is 16.2 Å². The maximum atomic E-state index is 14.0. The fourth-order valence-corrected chi connectivity index (χ4v) is 3.34. The quantitative estimate of drug-likeness (QED) is 0.368. The number of benzene rings is 2. The van der Waals surface area contributed by atoms with Crippen LogP contribution in [0, 0.1) is 17.6 Å². The van der Waals surface area contributed by atoms with E-state index >= 15 is 0 Å². The Bertz CT molecular complexity index is 991. The zero-order valence-electron chi connectivity index (χ0n) is 16.9. The molecule has 0 N–H and O–H groups in total. The molecular formula is C22H22F2N2O4. The van der Waals surface area contributed by atoms with E-state index in [0.29, 0.717) is 16.7 Å². The largest absolute Gasteiger partial charge is 0.464 e. The maximum Gasteiger partial charge on any atom is 0.360 e. The molecule has 0 aliphatic heterocycles. The third kappa shape index (κ3) is 4.82. The summed E-state index contributed by atoms with van der Waals surface area (Å²) in [6.07, 6.45) is 0.727. The lowest BCUT2D eigenvalue weighted by atomic mass is 10.0. The number of methoxy groups -OCH3 is 1. The van der Waals surface area contributed by atoms with Gasteiger partial charge >= 0.3 is 5.97 Å². The molecule has 2 atom stereocenters. The number of nitrogens with zero attached hydrogens (tertiary/aromatic N) is 2.